The number of fused-ring (bicyclic) bond motifs is 3. The molecule has 0 N–H and O–H groups in total. The van der Waals surface area contributed by atoms with E-state index in [0.29, 0.717) is 5.56 Å². The summed E-state index contributed by atoms with van der Waals surface area (Å²) < 4.78 is 9.20. The molecule has 0 saturated heterocycles. The molecule has 0 amide bonds. The Morgan fingerprint density at radius 2 is 1.38 bits per heavy atom. The lowest BCUT2D eigenvalue weighted by Crippen LogP contribution is -2.46. The Hall–Kier alpha value is -4.46. The van der Waals surface area contributed by atoms with Gasteiger partial charge in [0.25, 0.3) is 0 Å². The molecule has 0 unspecified atom stereocenters. The van der Waals surface area contributed by atoms with E-state index in [-0.39, 0.29) is 10.8 Å². The molecule has 0 atom stereocenters. The number of pyridine rings is 1. The molecule has 6 aromatic rings. The first-order valence-corrected chi connectivity index (χ1v) is 20.1. The first-order valence-electron chi connectivity index (χ1n) is 16.6. The van der Waals surface area contributed by atoms with Gasteiger partial charge in [0.1, 0.15) is 18.2 Å². The summed E-state index contributed by atoms with van der Waals surface area (Å²) in [5.41, 5.74) is 12.8. The molecule has 2 aromatic heterocycles. The molecule has 0 saturated carbocycles. The molecular weight excluding hydrogens is 589 g/mol. The summed E-state index contributed by atoms with van der Waals surface area (Å²) in [6, 6.07) is 30.9. The molecule has 6 rings (SSSR count). The Morgan fingerprint density at radius 3 is 2.00 bits per heavy atom. The van der Waals surface area contributed by atoms with Crippen molar-refractivity contribution in [2.24, 2.45) is 7.05 Å². The van der Waals surface area contributed by atoms with Crippen LogP contribution in [0.2, 0.25) is 19.6 Å². The van der Waals surface area contributed by atoms with E-state index in [9.17, 15) is 5.26 Å². The van der Waals surface area contributed by atoms with Crippen molar-refractivity contribution in [1.82, 2.24) is 0 Å². The van der Waals surface area contributed by atoms with Gasteiger partial charge >= 0.3 is 0 Å². The first-order chi connectivity index (χ1) is 22.0. The van der Waals surface area contributed by atoms with E-state index >= 15 is 0 Å². The number of furan rings is 1. The van der Waals surface area contributed by atoms with Crippen molar-refractivity contribution in [3.05, 3.63) is 107 Å². The van der Waals surface area contributed by atoms with Crippen LogP contribution in [-0.2, 0) is 17.9 Å². The zero-order valence-corrected chi connectivity index (χ0v) is 30.9. The van der Waals surface area contributed by atoms with Gasteiger partial charge in [0, 0.05) is 27.6 Å². The maximum atomic E-state index is 10.0. The number of nitrogens with zero attached hydrogens (tertiary/aromatic N) is 2. The van der Waals surface area contributed by atoms with Crippen LogP contribution in [0.25, 0.3) is 55.4 Å². The molecule has 0 aliphatic heterocycles. The first kappa shape index (κ1) is 32.5. The fraction of sp³-hybridized carbons (Fsp3) is 0.302. The maximum absolute atomic E-state index is 10.0. The minimum absolute atomic E-state index is 0.0640. The van der Waals surface area contributed by atoms with Crippen molar-refractivity contribution in [3.63, 3.8) is 0 Å². The van der Waals surface area contributed by atoms with E-state index < -0.39 is 8.07 Å². The van der Waals surface area contributed by atoms with Gasteiger partial charge in [-0.1, -0.05) is 122 Å². The van der Waals surface area contributed by atoms with Crippen molar-refractivity contribution in [3.8, 4) is 39.6 Å². The summed E-state index contributed by atoms with van der Waals surface area (Å²) in [7, 11) is 0.385. The van der Waals surface area contributed by atoms with Gasteiger partial charge in [0.15, 0.2) is 6.20 Å². The van der Waals surface area contributed by atoms with E-state index in [0.717, 1.165) is 44.3 Å². The van der Waals surface area contributed by atoms with Gasteiger partial charge in [-0.2, -0.15) is 5.26 Å². The molecule has 0 radical (unpaired) electrons. The van der Waals surface area contributed by atoms with Crippen LogP contribution in [0.5, 0.6) is 0 Å². The van der Waals surface area contributed by atoms with E-state index in [4.69, 9.17) is 4.42 Å². The van der Waals surface area contributed by atoms with E-state index in [2.05, 4.69) is 165 Å². The summed E-state index contributed by atoms with van der Waals surface area (Å²) >= 11 is 0. The molecule has 4 heteroatoms. The lowest BCUT2D eigenvalue weighted by atomic mass is 9.80. The number of hydrogen-bond donors (Lipinski definition) is 0. The highest BCUT2D eigenvalue weighted by molar-refractivity contribution is 6.89. The van der Waals surface area contributed by atoms with Crippen LogP contribution in [0.15, 0.2) is 89.5 Å². The molecule has 47 heavy (non-hydrogen) atoms. The minimum Gasteiger partial charge on any atom is -0.455 e. The zero-order chi connectivity index (χ0) is 34.1. The average Bonchev–Trinajstić information content (AvgIpc) is 3.37. The van der Waals surface area contributed by atoms with E-state index in [1.54, 1.807) is 0 Å². The predicted molar refractivity (Wildman–Crippen MR) is 201 cm³/mol. The molecule has 238 valence electrons. The predicted octanol–water partition coefficient (Wildman–Crippen LogP) is 10.7. The quantitative estimate of drug-likeness (QED) is 0.143. The highest BCUT2D eigenvalue weighted by Crippen LogP contribution is 2.43. The van der Waals surface area contributed by atoms with Crippen molar-refractivity contribution in [1.29, 1.82) is 5.26 Å². The molecule has 0 fully saturated rings. The van der Waals surface area contributed by atoms with Gasteiger partial charge in [-0.15, -0.1) is 0 Å². The van der Waals surface area contributed by atoms with Gasteiger partial charge in [-0.25, -0.2) is 4.57 Å². The second-order valence-electron chi connectivity index (χ2n) is 16.2. The number of hydrogen-bond acceptors (Lipinski definition) is 2. The van der Waals surface area contributed by atoms with E-state index in [1.165, 1.54) is 33.0 Å². The average molecular weight is 636 g/mol. The largest absolute Gasteiger partial charge is 0.455 e. The number of rotatable bonds is 4. The van der Waals surface area contributed by atoms with Gasteiger partial charge in [0.2, 0.25) is 5.69 Å². The number of aryl methyl sites for hydroxylation is 2. The molecule has 0 spiro atoms. The Labute approximate surface area is 281 Å². The highest BCUT2D eigenvalue weighted by Gasteiger charge is 2.32. The third-order valence-electron chi connectivity index (χ3n) is 9.45. The van der Waals surface area contributed by atoms with Crippen LogP contribution in [0.3, 0.4) is 0 Å². The minimum atomic E-state index is -1.78. The van der Waals surface area contributed by atoms with Crippen LogP contribution in [-0.4, -0.2) is 8.07 Å². The van der Waals surface area contributed by atoms with Crippen LogP contribution in [0, 0.1) is 18.3 Å². The van der Waals surface area contributed by atoms with Crippen LogP contribution in [0.1, 0.15) is 63.8 Å². The molecule has 0 bridgehead atoms. The molecule has 4 aromatic carbocycles. The summed E-state index contributed by atoms with van der Waals surface area (Å²) in [6.45, 7) is 22.9. The van der Waals surface area contributed by atoms with Gasteiger partial charge < -0.3 is 4.42 Å². The lowest BCUT2D eigenvalue weighted by molar-refractivity contribution is -0.659. The topological polar surface area (TPSA) is 40.8 Å². The van der Waals surface area contributed by atoms with Crippen LogP contribution < -0.4 is 9.75 Å². The monoisotopic (exact) mass is 635 g/mol. The Kier molecular flexibility index (Phi) is 7.84. The molecule has 2 heterocycles. The fourth-order valence-corrected chi connectivity index (χ4v) is 8.68. The normalized spacial score (nSPS) is 12.6. The van der Waals surface area contributed by atoms with Crippen molar-refractivity contribution in [2.45, 2.75) is 78.9 Å². The van der Waals surface area contributed by atoms with Crippen molar-refractivity contribution in [2.75, 3.05) is 0 Å². The Morgan fingerprint density at radius 1 is 0.723 bits per heavy atom. The zero-order valence-electron chi connectivity index (χ0n) is 29.9. The van der Waals surface area contributed by atoms with Gasteiger partial charge in [-0.3, -0.25) is 0 Å². The molecule has 0 aliphatic carbocycles. The van der Waals surface area contributed by atoms with Crippen molar-refractivity contribution < 1.29 is 8.98 Å². The summed E-state index contributed by atoms with van der Waals surface area (Å²) in [4.78, 5) is 0. The SMILES string of the molecule is Cc1ccc2c(oc3c(C(C)(C)C)c(C#N)ccc32)c1-c1cc(-c2ccc(-c3ccccc3)cc2C(C)(C)C)c([Si](C)(C)C)c[n+]1C. The van der Waals surface area contributed by atoms with Crippen LogP contribution >= 0.6 is 0 Å². The molecule has 0 aliphatic rings. The Bertz CT molecular complexity index is 2210. The lowest BCUT2D eigenvalue weighted by Gasteiger charge is -2.27. The molecule has 3 nitrogen and oxygen atoms in total. The summed E-state index contributed by atoms with van der Waals surface area (Å²) in [5.74, 6) is 0. The molecular formula is C43H47N2OSi+. The van der Waals surface area contributed by atoms with E-state index in [1.807, 2.05) is 6.07 Å². The third-order valence-corrected chi connectivity index (χ3v) is 11.5. The third kappa shape index (κ3) is 5.72. The second kappa shape index (κ2) is 11.4. The standard InChI is InChI=1S/C43H47N2OSi/c1-27-17-20-32-33-22-19-30(25-44)39(43(5,6)7)41(33)46-40(32)38(27)36-24-34(37(26-45(36)8)47(9,10)11)31-21-18-29(23-35(31)42(2,3)4)28-15-13-12-14-16-28/h12-24,26H,1-11H3/q+1. The van der Waals surface area contributed by atoms with Crippen molar-refractivity contribution >= 4 is 35.2 Å². The highest BCUT2D eigenvalue weighted by atomic mass is 28.3. The summed E-state index contributed by atoms with van der Waals surface area (Å²) in [6.07, 6.45) is 2.38. The van der Waals surface area contributed by atoms with Gasteiger partial charge in [0.05, 0.1) is 25.3 Å². The Balaban J connectivity index is 1.69. The second-order valence-corrected chi connectivity index (χ2v) is 21.2. The number of benzene rings is 4. The fourth-order valence-electron chi connectivity index (χ4n) is 7.09. The number of aromatic nitrogens is 1. The van der Waals surface area contributed by atoms with Gasteiger partial charge in [-0.05, 0) is 63.3 Å². The smallest absolute Gasteiger partial charge is 0.216 e. The maximum Gasteiger partial charge on any atom is 0.216 e. The number of nitriles is 1. The summed E-state index contributed by atoms with van der Waals surface area (Å²) in [5, 5.41) is 13.6. The van der Waals surface area contributed by atoms with Crippen LogP contribution in [0.4, 0.5) is 0 Å².